The van der Waals surface area contributed by atoms with Crippen LogP contribution in [-0.4, -0.2) is 16.6 Å². The molecule has 1 aromatic rings. The summed E-state index contributed by atoms with van der Waals surface area (Å²) in [6.45, 7) is 1.78. The molecule has 1 atom stereocenters. The van der Waals surface area contributed by atoms with Crippen molar-refractivity contribution in [3.05, 3.63) is 29.3 Å². The van der Waals surface area contributed by atoms with Crippen LogP contribution in [0.5, 0.6) is 5.75 Å². The van der Waals surface area contributed by atoms with Crippen LogP contribution in [0.25, 0.3) is 0 Å². The second-order valence-corrected chi connectivity index (χ2v) is 7.73. The zero-order chi connectivity index (χ0) is 15.7. The third-order valence-corrected chi connectivity index (χ3v) is 5.02. The first-order valence-corrected chi connectivity index (χ1v) is 9.42. The van der Waals surface area contributed by atoms with Crippen molar-refractivity contribution in [2.24, 2.45) is 11.8 Å². The molecule has 2 saturated carbocycles. The van der Waals surface area contributed by atoms with Crippen molar-refractivity contribution < 1.29 is 23.6 Å². The van der Waals surface area contributed by atoms with Crippen LogP contribution in [0.3, 0.4) is 0 Å². The number of benzene rings is 1. The molecular formula is C16H23O5P. The maximum Gasteiger partial charge on any atom is 0.472 e. The maximum atomic E-state index is 10.8. The topological polar surface area (TPSA) is 76.0 Å². The predicted molar refractivity (Wildman–Crippen MR) is 82.6 cm³/mol. The van der Waals surface area contributed by atoms with Crippen LogP contribution >= 0.6 is 7.82 Å². The lowest BCUT2D eigenvalue weighted by Crippen LogP contribution is -2.08. The lowest BCUT2D eigenvalue weighted by Gasteiger charge is -2.20. The zero-order valence-electron chi connectivity index (χ0n) is 12.8. The Labute approximate surface area is 130 Å². The summed E-state index contributed by atoms with van der Waals surface area (Å²) in [6.07, 6.45) is 5.96. The number of hydrogen-bond donors (Lipinski definition) is 2. The van der Waals surface area contributed by atoms with Gasteiger partial charge in [0.25, 0.3) is 0 Å². The Hall–Kier alpha value is -0.870. The molecule has 2 aliphatic rings. The van der Waals surface area contributed by atoms with Gasteiger partial charge in [0.2, 0.25) is 0 Å². The molecule has 0 spiro atoms. The third-order valence-electron chi connectivity index (χ3n) is 4.58. The third kappa shape index (κ3) is 4.32. The average Bonchev–Trinajstić information content (AvgIpc) is 3.32. The van der Waals surface area contributed by atoms with Crippen LogP contribution in [0.4, 0.5) is 0 Å². The van der Waals surface area contributed by atoms with Gasteiger partial charge in [-0.15, -0.1) is 0 Å². The Balaban J connectivity index is 1.79. The van der Waals surface area contributed by atoms with E-state index in [1.54, 1.807) is 0 Å². The van der Waals surface area contributed by atoms with Crippen LogP contribution in [0.15, 0.2) is 18.2 Å². The molecule has 122 valence electrons. The summed E-state index contributed by atoms with van der Waals surface area (Å²) in [7, 11) is -4.50. The van der Waals surface area contributed by atoms with Crippen molar-refractivity contribution in [2.45, 2.75) is 44.9 Å². The molecule has 0 unspecified atom stereocenters. The lowest BCUT2D eigenvalue weighted by molar-refractivity contribution is 0.0810. The van der Waals surface area contributed by atoms with Gasteiger partial charge in [-0.1, -0.05) is 25.1 Å². The fraction of sp³-hybridized carbons (Fsp3) is 0.625. The maximum absolute atomic E-state index is 10.8. The molecule has 6 heteroatoms. The molecule has 22 heavy (non-hydrogen) atoms. The van der Waals surface area contributed by atoms with Gasteiger partial charge in [0, 0.05) is 0 Å². The quantitative estimate of drug-likeness (QED) is 0.564. The minimum Gasteiger partial charge on any atom is -0.466 e. The second kappa shape index (κ2) is 6.32. The Morgan fingerprint density at radius 1 is 1.27 bits per heavy atom. The van der Waals surface area contributed by atoms with E-state index in [4.69, 9.17) is 14.5 Å². The highest BCUT2D eigenvalue weighted by Gasteiger charge is 2.32. The number of rotatable bonds is 8. The molecule has 0 amide bonds. The average molecular weight is 326 g/mol. The zero-order valence-corrected chi connectivity index (χ0v) is 13.7. The van der Waals surface area contributed by atoms with E-state index in [0.717, 1.165) is 29.2 Å². The van der Waals surface area contributed by atoms with Gasteiger partial charge in [0.15, 0.2) is 6.79 Å². The highest BCUT2D eigenvalue weighted by atomic mass is 31.2. The normalized spacial score (nSPS) is 20.0. The summed E-state index contributed by atoms with van der Waals surface area (Å²) < 4.78 is 20.9. The van der Waals surface area contributed by atoms with Crippen LogP contribution in [0.1, 0.15) is 49.7 Å². The van der Waals surface area contributed by atoms with Crippen molar-refractivity contribution >= 4 is 7.82 Å². The van der Waals surface area contributed by atoms with E-state index in [0.29, 0.717) is 11.8 Å². The largest absolute Gasteiger partial charge is 0.472 e. The van der Waals surface area contributed by atoms with Crippen molar-refractivity contribution in [2.75, 3.05) is 6.79 Å². The van der Waals surface area contributed by atoms with E-state index in [1.165, 1.54) is 25.7 Å². The smallest absolute Gasteiger partial charge is 0.466 e. The van der Waals surface area contributed by atoms with Crippen molar-refractivity contribution in [1.82, 2.24) is 0 Å². The molecule has 0 bridgehead atoms. The van der Waals surface area contributed by atoms with E-state index < -0.39 is 14.6 Å². The van der Waals surface area contributed by atoms with Crippen molar-refractivity contribution in [3.63, 3.8) is 0 Å². The SMILES string of the molecule is C[C@H](c1cccc(CC2CC2)c1OCOP(=O)(O)O)C1CC1. The highest BCUT2D eigenvalue weighted by Crippen LogP contribution is 2.47. The lowest BCUT2D eigenvalue weighted by atomic mass is 9.92. The minimum atomic E-state index is -4.50. The molecule has 2 N–H and O–H groups in total. The van der Waals surface area contributed by atoms with Gasteiger partial charge in [-0.2, -0.15) is 0 Å². The summed E-state index contributed by atoms with van der Waals surface area (Å²) in [4.78, 5) is 17.6. The van der Waals surface area contributed by atoms with Gasteiger partial charge in [-0.25, -0.2) is 9.09 Å². The fourth-order valence-electron chi connectivity index (χ4n) is 2.94. The Morgan fingerprint density at radius 2 is 2.00 bits per heavy atom. The Morgan fingerprint density at radius 3 is 2.59 bits per heavy atom. The Bertz CT molecular complexity index is 574. The van der Waals surface area contributed by atoms with E-state index in [2.05, 4.69) is 23.6 Å². The molecule has 5 nitrogen and oxygen atoms in total. The molecule has 2 aliphatic carbocycles. The minimum absolute atomic E-state index is 0.407. The summed E-state index contributed by atoms with van der Waals surface area (Å²) >= 11 is 0. The van der Waals surface area contributed by atoms with E-state index in [9.17, 15) is 4.57 Å². The molecular weight excluding hydrogens is 303 g/mol. The first-order chi connectivity index (χ1) is 10.4. The van der Waals surface area contributed by atoms with E-state index >= 15 is 0 Å². The number of hydrogen-bond acceptors (Lipinski definition) is 3. The van der Waals surface area contributed by atoms with Crippen LogP contribution in [0.2, 0.25) is 0 Å². The molecule has 0 saturated heterocycles. The van der Waals surface area contributed by atoms with Gasteiger partial charge >= 0.3 is 7.82 Å². The molecule has 0 aliphatic heterocycles. The van der Waals surface area contributed by atoms with Gasteiger partial charge < -0.3 is 14.5 Å². The molecule has 0 heterocycles. The molecule has 1 aromatic carbocycles. The van der Waals surface area contributed by atoms with Gasteiger partial charge in [0.1, 0.15) is 5.75 Å². The van der Waals surface area contributed by atoms with E-state index in [-0.39, 0.29) is 0 Å². The van der Waals surface area contributed by atoms with Crippen LogP contribution in [0, 0.1) is 11.8 Å². The predicted octanol–water partition coefficient (Wildman–Crippen LogP) is 3.60. The fourth-order valence-corrected chi connectivity index (χ4v) is 3.13. The number of phosphoric acid groups is 1. The summed E-state index contributed by atoms with van der Waals surface area (Å²) in [5, 5.41) is 0. The Kier molecular flexibility index (Phi) is 4.60. The number of para-hydroxylation sites is 1. The molecule has 3 rings (SSSR count). The molecule has 0 radical (unpaired) electrons. The van der Waals surface area contributed by atoms with Gasteiger partial charge in [-0.05, 0) is 61.0 Å². The van der Waals surface area contributed by atoms with Crippen LogP contribution in [-0.2, 0) is 15.5 Å². The summed E-state index contributed by atoms with van der Waals surface area (Å²) in [5.74, 6) is 2.59. The summed E-state index contributed by atoms with van der Waals surface area (Å²) in [5.41, 5.74) is 2.26. The van der Waals surface area contributed by atoms with Crippen molar-refractivity contribution in [1.29, 1.82) is 0 Å². The first-order valence-electron chi connectivity index (χ1n) is 7.88. The highest BCUT2D eigenvalue weighted by molar-refractivity contribution is 7.46. The molecule has 0 aromatic heterocycles. The monoisotopic (exact) mass is 326 g/mol. The van der Waals surface area contributed by atoms with Gasteiger partial charge in [-0.3, -0.25) is 0 Å². The first kappa shape index (κ1) is 16.0. The van der Waals surface area contributed by atoms with Crippen molar-refractivity contribution in [3.8, 4) is 5.75 Å². The standard InChI is InChI=1S/C16H23O5P/c1-11(13-7-8-13)15-4-2-3-14(9-12-5-6-12)16(15)20-10-21-22(17,18)19/h2-4,11-13H,5-10H2,1H3,(H2,17,18,19)/t11-/m0/s1. The number of phosphoric ester groups is 1. The number of ether oxygens (including phenoxy) is 1. The summed E-state index contributed by atoms with van der Waals surface area (Å²) in [6, 6.07) is 6.17. The van der Waals surface area contributed by atoms with Crippen LogP contribution < -0.4 is 4.74 Å². The van der Waals surface area contributed by atoms with E-state index in [1.807, 2.05) is 6.07 Å². The second-order valence-electron chi connectivity index (χ2n) is 6.49. The van der Waals surface area contributed by atoms with Gasteiger partial charge in [0.05, 0.1) is 0 Å². The molecule has 2 fully saturated rings.